The molecule has 0 saturated heterocycles. The molecule has 0 atom stereocenters. The van der Waals surface area contributed by atoms with E-state index in [0.717, 1.165) is 30.4 Å². The first-order chi connectivity index (χ1) is 11.7. The molecule has 3 rings (SSSR count). The summed E-state index contributed by atoms with van der Waals surface area (Å²) >= 11 is 0. The first kappa shape index (κ1) is 16.0. The van der Waals surface area contributed by atoms with Gasteiger partial charge >= 0.3 is 0 Å². The fourth-order valence-corrected chi connectivity index (χ4v) is 2.38. The SMILES string of the molecule is Cc1ccc(-n2nnnc2N(C)CCCOc2ccccc2)cc1. The summed E-state index contributed by atoms with van der Waals surface area (Å²) in [6, 6.07) is 18.0. The van der Waals surface area contributed by atoms with Gasteiger partial charge in [-0.05, 0) is 48.0 Å². The van der Waals surface area contributed by atoms with Crippen LogP contribution in [-0.2, 0) is 0 Å². The molecule has 0 unspecified atom stereocenters. The van der Waals surface area contributed by atoms with Crippen molar-refractivity contribution in [2.45, 2.75) is 13.3 Å². The second kappa shape index (κ2) is 7.59. The van der Waals surface area contributed by atoms with E-state index in [0.29, 0.717) is 6.61 Å². The number of para-hydroxylation sites is 1. The van der Waals surface area contributed by atoms with Gasteiger partial charge in [0.1, 0.15) is 5.75 Å². The number of ether oxygens (including phenoxy) is 1. The monoisotopic (exact) mass is 323 g/mol. The standard InChI is InChI=1S/C18H21N5O/c1-15-9-11-16(12-10-15)23-18(19-20-21-23)22(2)13-6-14-24-17-7-4-3-5-8-17/h3-5,7-12H,6,13-14H2,1-2H3. The summed E-state index contributed by atoms with van der Waals surface area (Å²) < 4.78 is 7.46. The highest BCUT2D eigenvalue weighted by Gasteiger charge is 2.12. The fourth-order valence-electron chi connectivity index (χ4n) is 2.38. The van der Waals surface area contributed by atoms with Crippen molar-refractivity contribution in [1.29, 1.82) is 0 Å². The van der Waals surface area contributed by atoms with Gasteiger partial charge in [-0.25, -0.2) is 0 Å². The molecule has 6 nitrogen and oxygen atoms in total. The summed E-state index contributed by atoms with van der Waals surface area (Å²) in [5.41, 5.74) is 2.16. The van der Waals surface area contributed by atoms with E-state index in [4.69, 9.17) is 4.74 Å². The van der Waals surface area contributed by atoms with E-state index in [1.54, 1.807) is 4.68 Å². The van der Waals surface area contributed by atoms with Crippen LogP contribution in [0.1, 0.15) is 12.0 Å². The third-order valence-electron chi connectivity index (χ3n) is 3.72. The second-order valence-electron chi connectivity index (χ2n) is 5.66. The molecular weight excluding hydrogens is 302 g/mol. The minimum Gasteiger partial charge on any atom is -0.494 e. The van der Waals surface area contributed by atoms with Gasteiger partial charge in [0.25, 0.3) is 0 Å². The van der Waals surface area contributed by atoms with E-state index >= 15 is 0 Å². The maximum absolute atomic E-state index is 5.72. The third kappa shape index (κ3) is 3.90. The van der Waals surface area contributed by atoms with Gasteiger partial charge < -0.3 is 9.64 Å². The molecule has 0 aliphatic carbocycles. The summed E-state index contributed by atoms with van der Waals surface area (Å²) in [6.07, 6.45) is 0.881. The molecule has 0 bridgehead atoms. The van der Waals surface area contributed by atoms with Crippen LogP contribution >= 0.6 is 0 Å². The third-order valence-corrected chi connectivity index (χ3v) is 3.72. The summed E-state index contributed by atoms with van der Waals surface area (Å²) in [6.45, 7) is 3.52. The molecule has 24 heavy (non-hydrogen) atoms. The molecule has 0 N–H and O–H groups in total. The maximum Gasteiger partial charge on any atom is 0.250 e. The molecule has 0 aliphatic heterocycles. The maximum atomic E-state index is 5.72. The molecule has 0 radical (unpaired) electrons. The van der Waals surface area contributed by atoms with Gasteiger partial charge in [-0.1, -0.05) is 41.0 Å². The lowest BCUT2D eigenvalue weighted by Crippen LogP contribution is -2.24. The van der Waals surface area contributed by atoms with Crippen molar-refractivity contribution in [3.05, 3.63) is 60.2 Å². The number of tetrazole rings is 1. The summed E-state index contributed by atoms with van der Waals surface area (Å²) in [7, 11) is 1.99. The van der Waals surface area contributed by atoms with E-state index < -0.39 is 0 Å². The summed E-state index contributed by atoms with van der Waals surface area (Å²) in [5.74, 6) is 1.61. The average molecular weight is 323 g/mol. The van der Waals surface area contributed by atoms with E-state index in [9.17, 15) is 0 Å². The van der Waals surface area contributed by atoms with Crippen molar-refractivity contribution < 1.29 is 4.74 Å². The van der Waals surface area contributed by atoms with Crippen molar-refractivity contribution >= 4 is 5.95 Å². The molecule has 0 aliphatic rings. The lowest BCUT2D eigenvalue weighted by atomic mass is 10.2. The molecule has 124 valence electrons. The van der Waals surface area contributed by atoms with Crippen molar-refractivity contribution in [3.8, 4) is 11.4 Å². The Morgan fingerprint density at radius 1 is 1.04 bits per heavy atom. The topological polar surface area (TPSA) is 56.1 Å². The van der Waals surface area contributed by atoms with Crippen LogP contribution in [0, 0.1) is 6.92 Å². The Morgan fingerprint density at radius 3 is 2.54 bits per heavy atom. The van der Waals surface area contributed by atoms with Gasteiger partial charge in [-0.15, -0.1) is 0 Å². The Morgan fingerprint density at radius 2 is 1.79 bits per heavy atom. The number of anilines is 1. The number of aromatic nitrogens is 4. The van der Waals surface area contributed by atoms with Crippen LogP contribution in [0.5, 0.6) is 5.75 Å². The first-order valence-electron chi connectivity index (χ1n) is 7.98. The molecule has 0 fully saturated rings. The molecule has 3 aromatic rings. The molecule has 0 saturated carbocycles. The highest BCUT2D eigenvalue weighted by atomic mass is 16.5. The van der Waals surface area contributed by atoms with Gasteiger partial charge in [-0.2, -0.15) is 4.68 Å². The molecule has 0 spiro atoms. The number of rotatable bonds is 7. The molecule has 1 heterocycles. The van der Waals surface area contributed by atoms with Crippen LogP contribution in [0.15, 0.2) is 54.6 Å². The van der Waals surface area contributed by atoms with Gasteiger partial charge in [0.15, 0.2) is 0 Å². The second-order valence-corrected chi connectivity index (χ2v) is 5.66. The fraction of sp³-hybridized carbons (Fsp3) is 0.278. The molecule has 2 aromatic carbocycles. The molecular formula is C18H21N5O. The van der Waals surface area contributed by atoms with E-state index in [2.05, 4.69) is 34.6 Å². The smallest absolute Gasteiger partial charge is 0.250 e. The Hall–Kier alpha value is -2.89. The van der Waals surface area contributed by atoms with Gasteiger partial charge in [0.2, 0.25) is 5.95 Å². The molecule has 0 amide bonds. The van der Waals surface area contributed by atoms with Crippen molar-refractivity contribution in [1.82, 2.24) is 20.2 Å². The Bertz CT molecular complexity index is 755. The zero-order chi connectivity index (χ0) is 16.8. The van der Waals surface area contributed by atoms with Crippen LogP contribution < -0.4 is 9.64 Å². The lowest BCUT2D eigenvalue weighted by Gasteiger charge is -2.17. The quantitative estimate of drug-likeness (QED) is 0.626. The van der Waals surface area contributed by atoms with E-state index in [-0.39, 0.29) is 0 Å². The van der Waals surface area contributed by atoms with Crippen LogP contribution in [0.25, 0.3) is 5.69 Å². The van der Waals surface area contributed by atoms with Crippen molar-refractivity contribution in [2.24, 2.45) is 0 Å². The largest absolute Gasteiger partial charge is 0.494 e. The number of hydrogen-bond acceptors (Lipinski definition) is 5. The predicted molar refractivity (Wildman–Crippen MR) is 93.7 cm³/mol. The van der Waals surface area contributed by atoms with Crippen molar-refractivity contribution in [3.63, 3.8) is 0 Å². The van der Waals surface area contributed by atoms with Crippen molar-refractivity contribution in [2.75, 3.05) is 25.1 Å². The normalized spacial score (nSPS) is 10.6. The number of hydrogen-bond donors (Lipinski definition) is 0. The highest BCUT2D eigenvalue weighted by molar-refractivity contribution is 5.41. The highest BCUT2D eigenvalue weighted by Crippen LogP contribution is 2.15. The predicted octanol–water partition coefficient (Wildman–Crippen LogP) is 2.88. The average Bonchev–Trinajstić information content (AvgIpc) is 3.10. The number of benzene rings is 2. The first-order valence-corrected chi connectivity index (χ1v) is 7.98. The van der Waals surface area contributed by atoms with Crippen LogP contribution in [0.4, 0.5) is 5.95 Å². The number of aryl methyl sites for hydroxylation is 1. The molecule has 1 aromatic heterocycles. The minimum atomic E-state index is 0.653. The van der Waals surface area contributed by atoms with Gasteiger partial charge in [0, 0.05) is 13.6 Å². The van der Waals surface area contributed by atoms with Gasteiger partial charge in [0.05, 0.1) is 12.3 Å². The lowest BCUT2D eigenvalue weighted by molar-refractivity contribution is 0.312. The van der Waals surface area contributed by atoms with Gasteiger partial charge in [-0.3, -0.25) is 0 Å². The summed E-state index contributed by atoms with van der Waals surface area (Å²) in [5, 5.41) is 12.0. The van der Waals surface area contributed by atoms with Crippen LogP contribution in [-0.4, -0.2) is 40.4 Å². The zero-order valence-electron chi connectivity index (χ0n) is 14.0. The number of nitrogens with zero attached hydrogens (tertiary/aromatic N) is 5. The van der Waals surface area contributed by atoms with E-state index in [1.807, 2.05) is 54.4 Å². The van der Waals surface area contributed by atoms with Crippen LogP contribution in [0.2, 0.25) is 0 Å². The van der Waals surface area contributed by atoms with E-state index in [1.165, 1.54) is 5.56 Å². The Labute approximate surface area is 141 Å². The zero-order valence-corrected chi connectivity index (χ0v) is 14.0. The Kier molecular flexibility index (Phi) is 5.05. The minimum absolute atomic E-state index is 0.653. The summed E-state index contributed by atoms with van der Waals surface area (Å²) in [4.78, 5) is 2.04. The Balaban J connectivity index is 1.57. The van der Waals surface area contributed by atoms with Crippen LogP contribution in [0.3, 0.4) is 0 Å². The molecule has 6 heteroatoms.